The van der Waals surface area contributed by atoms with Crippen LogP contribution in [-0.2, 0) is 28.2 Å². The van der Waals surface area contributed by atoms with Gasteiger partial charge in [-0.1, -0.05) is 42.5 Å². The second kappa shape index (κ2) is 10.1. The van der Waals surface area contributed by atoms with Crippen molar-refractivity contribution in [2.24, 2.45) is 0 Å². The molecule has 0 aliphatic carbocycles. The maximum absolute atomic E-state index is 15.8. The Morgan fingerprint density at radius 3 is 2.54 bits per heavy atom. The van der Waals surface area contributed by atoms with Gasteiger partial charge in [0.05, 0.1) is 6.04 Å². The number of hydrogen-bond acceptors (Lipinski definition) is 5. The van der Waals surface area contributed by atoms with Gasteiger partial charge in [0.15, 0.2) is 0 Å². The first-order chi connectivity index (χ1) is 16.6. The molecule has 2 aromatic rings. The number of hydrogen-bond donors (Lipinski definition) is 1. The smallest absolute Gasteiger partial charge is 0.410 e. The normalized spacial score (nSPS) is 19.2. The summed E-state index contributed by atoms with van der Waals surface area (Å²) in [6, 6.07) is 14.6. The van der Waals surface area contributed by atoms with Gasteiger partial charge in [-0.15, -0.1) is 0 Å². The fourth-order valence-electron chi connectivity index (χ4n) is 4.33. The van der Waals surface area contributed by atoms with Gasteiger partial charge in [0.25, 0.3) is 0 Å². The highest BCUT2D eigenvalue weighted by molar-refractivity contribution is 5.68. The van der Waals surface area contributed by atoms with Crippen molar-refractivity contribution in [2.45, 2.75) is 64.0 Å². The van der Waals surface area contributed by atoms with Crippen molar-refractivity contribution in [3.8, 4) is 5.75 Å². The topological polar surface area (TPSA) is 77.1 Å². The van der Waals surface area contributed by atoms with Crippen molar-refractivity contribution in [3.05, 3.63) is 65.2 Å². The average Bonchev–Trinajstić information content (AvgIpc) is 2.82. The molecule has 2 heterocycles. The van der Waals surface area contributed by atoms with E-state index in [0.717, 1.165) is 11.1 Å². The van der Waals surface area contributed by atoms with Crippen LogP contribution in [0, 0.1) is 0 Å². The summed E-state index contributed by atoms with van der Waals surface area (Å²) in [5, 5.41) is 2.84. The van der Waals surface area contributed by atoms with Crippen LogP contribution < -0.4 is 10.1 Å². The van der Waals surface area contributed by atoms with E-state index in [1.165, 1.54) is 0 Å². The van der Waals surface area contributed by atoms with Crippen molar-refractivity contribution >= 4 is 12.2 Å². The van der Waals surface area contributed by atoms with Crippen molar-refractivity contribution in [1.82, 2.24) is 10.2 Å². The molecule has 0 radical (unpaired) electrons. The van der Waals surface area contributed by atoms with E-state index in [0.29, 0.717) is 30.8 Å². The lowest BCUT2D eigenvalue weighted by atomic mass is 9.85. The van der Waals surface area contributed by atoms with Gasteiger partial charge in [-0.3, -0.25) is 0 Å². The van der Waals surface area contributed by atoms with Crippen LogP contribution in [0.2, 0.25) is 0 Å². The summed E-state index contributed by atoms with van der Waals surface area (Å²) in [5.41, 5.74) is 0.255. The minimum absolute atomic E-state index is 0.197. The Morgan fingerprint density at radius 1 is 1.14 bits per heavy atom. The van der Waals surface area contributed by atoms with E-state index in [1.807, 2.05) is 57.2 Å². The molecule has 2 aliphatic heterocycles. The Bertz CT molecular complexity index is 1050. The van der Waals surface area contributed by atoms with Crippen molar-refractivity contribution in [1.29, 1.82) is 0 Å². The Hall–Kier alpha value is -3.29. The Balaban J connectivity index is 1.30. The number of benzene rings is 2. The van der Waals surface area contributed by atoms with E-state index >= 15 is 4.39 Å². The average molecular weight is 485 g/mol. The first kappa shape index (κ1) is 24.8. The molecular weight excluding hydrogens is 451 g/mol. The first-order valence-corrected chi connectivity index (χ1v) is 12.0. The summed E-state index contributed by atoms with van der Waals surface area (Å²) in [6.07, 6.45) is 0.0586. The number of piperidine rings is 1. The minimum atomic E-state index is -1.53. The molecule has 8 heteroatoms. The fourth-order valence-corrected chi connectivity index (χ4v) is 4.33. The molecular formula is C27H33FN2O5. The van der Waals surface area contributed by atoms with Crippen LogP contribution in [0.3, 0.4) is 0 Å². The number of nitrogens with zero attached hydrogens (tertiary/aromatic N) is 1. The minimum Gasteiger partial charge on any atom is -0.491 e. The summed E-state index contributed by atoms with van der Waals surface area (Å²) in [7, 11) is 0. The SMILES string of the molecule is CC(C)(C)OC(=O)N1CCC(F)(c2ccc3c(c2)OC[C@H](NC(=O)OCc2ccccc2)C3)CC1. The lowest BCUT2D eigenvalue weighted by molar-refractivity contribution is 0.00213. The van der Waals surface area contributed by atoms with Gasteiger partial charge >= 0.3 is 12.2 Å². The van der Waals surface area contributed by atoms with Gasteiger partial charge in [-0.25, -0.2) is 14.0 Å². The van der Waals surface area contributed by atoms with Gasteiger partial charge in [-0.2, -0.15) is 0 Å². The number of carbonyl (C=O) groups excluding carboxylic acids is 2. The second-order valence-electron chi connectivity index (χ2n) is 10.2. The Kier molecular flexibility index (Phi) is 7.19. The van der Waals surface area contributed by atoms with Crippen LogP contribution in [0.4, 0.5) is 14.0 Å². The van der Waals surface area contributed by atoms with E-state index < -0.39 is 23.5 Å². The summed E-state index contributed by atoms with van der Waals surface area (Å²) < 4.78 is 32.4. The molecule has 1 saturated heterocycles. The summed E-state index contributed by atoms with van der Waals surface area (Å²) in [4.78, 5) is 26.0. The maximum atomic E-state index is 15.8. The zero-order valence-corrected chi connectivity index (χ0v) is 20.5. The first-order valence-electron chi connectivity index (χ1n) is 12.0. The van der Waals surface area contributed by atoms with Crippen LogP contribution in [0.1, 0.15) is 50.3 Å². The molecule has 0 saturated carbocycles. The number of halogens is 1. The molecule has 2 aliphatic rings. The number of likely N-dealkylation sites (tertiary alicyclic amines) is 1. The number of alkyl carbamates (subject to hydrolysis) is 1. The lowest BCUT2D eigenvalue weighted by Crippen LogP contribution is -2.45. The van der Waals surface area contributed by atoms with Gasteiger partial charge in [0.1, 0.15) is 30.2 Å². The number of carbonyl (C=O) groups is 2. The molecule has 188 valence electrons. The van der Waals surface area contributed by atoms with Gasteiger partial charge in [-0.05, 0) is 49.9 Å². The Labute approximate surface area is 205 Å². The summed E-state index contributed by atoms with van der Waals surface area (Å²) in [6.45, 7) is 6.51. The lowest BCUT2D eigenvalue weighted by Gasteiger charge is -2.37. The molecule has 0 aromatic heterocycles. The fraction of sp³-hybridized carbons (Fsp3) is 0.481. The highest BCUT2D eigenvalue weighted by Gasteiger charge is 2.39. The van der Waals surface area contributed by atoms with Crippen molar-refractivity contribution in [2.75, 3.05) is 19.7 Å². The van der Waals surface area contributed by atoms with Gasteiger partial charge in [0.2, 0.25) is 0 Å². The monoisotopic (exact) mass is 484 g/mol. The molecule has 4 rings (SSSR count). The van der Waals surface area contributed by atoms with Crippen LogP contribution in [0.15, 0.2) is 48.5 Å². The van der Waals surface area contributed by atoms with Crippen LogP contribution in [0.5, 0.6) is 5.75 Å². The molecule has 7 nitrogen and oxygen atoms in total. The molecule has 2 aromatic carbocycles. The van der Waals surface area contributed by atoms with Crippen LogP contribution >= 0.6 is 0 Å². The van der Waals surface area contributed by atoms with E-state index in [4.69, 9.17) is 14.2 Å². The molecule has 35 heavy (non-hydrogen) atoms. The number of alkyl halides is 1. The van der Waals surface area contributed by atoms with Crippen molar-refractivity contribution < 1.29 is 28.2 Å². The molecule has 1 N–H and O–H groups in total. The molecule has 1 fully saturated rings. The summed E-state index contributed by atoms with van der Waals surface area (Å²) in [5.74, 6) is 0.629. The second-order valence-corrected chi connectivity index (χ2v) is 10.2. The molecule has 0 unspecified atom stereocenters. The van der Waals surface area contributed by atoms with E-state index in [9.17, 15) is 9.59 Å². The van der Waals surface area contributed by atoms with Crippen LogP contribution in [-0.4, -0.2) is 48.4 Å². The van der Waals surface area contributed by atoms with E-state index in [1.54, 1.807) is 17.0 Å². The Morgan fingerprint density at radius 2 is 1.86 bits per heavy atom. The zero-order valence-electron chi connectivity index (χ0n) is 20.5. The summed E-state index contributed by atoms with van der Waals surface area (Å²) >= 11 is 0. The third kappa shape index (κ3) is 6.44. The molecule has 2 amide bonds. The number of fused-ring (bicyclic) bond motifs is 1. The quantitative estimate of drug-likeness (QED) is 0.653. The van der Waals surface area contributed by atoms with E-state index in [2.05, 4.69) is 5.32 Å². The van der Waals surface area contributed by atoms with E-state index in [-0.39, 0.29) is 32.1 Å². The molecule has 0 spiro atoms. The van der Waals surface area contributed by atoms with Crippen LogP contribution in [0.25, 0.3) is 0 Å². The molecule has 0 bridgehead atoms. The third-order valence-corrected chi connectivity index (χ3v) is 6.23. The zero-order chi connectivity index (χ0) is 25.1. The number of ether oxygens (including phenoxy) is 3. The number of rotatable bonds is 4. The highest BCUT2D eigenvalue weighted by atomic mass is 19.1. The predicted molar refractivity (Wildman–Crippen MR) is 129 cm³/mol. The third-order valence-electron chi connectivity index (χ3n) is 6.23. The molecule has 1 atom stereocenters. The largest absolute Gasteiger partial charge is 0.491 e. The predicted octanol–water partition coefficient (Wildman–Crippen LogP) is 5.11. The van der Waals surface area contributed by atoms with Gasteiger partial charge in [0, 0.05) is 25.9 Å². The maximum Gasteiger partial charge on any atom is 0.410 e. The van der Waals surface area contributed by atoms with Gasteiger partial charge < -0.3 is 24.4 Å². The van der Waals surface area contributed by atoms with Crippen molar-refractivity contribution in [3.63, 3.8) is 0 Å². The standard InChI is InChI=1S/C27H33FN2O5/c1-26(2,3)35-25(32)30-13-11-27(28,12-14-30)21-10-9-20-15-22(18-33-23(20)16-21)29-24(31)34-17-19-7-5-4-6-8-19/h4-10,16,22H,11-15,17-18H2,1-3H3,(H,29,31)/t22-/m1/s1. The highest BCUT2D eigenvalue weighted by Crippen LogP contribution is 2.40. The number of nitrogens with one attached hydrogen (secondary N) is 1. The number of amides is 2.